The average molecular weight is 893 g/mol. The van der Waals surface area contributed by atoms with Crippen molar-refractivity contribution in [3.05, 3.63) is 297 Å². The molecule has 0 N–H and O–H groups in total. The summed E-state index contributed by atoms with van der Waals surface area (Å²) in [5, 5.41) is 2.22. The van der Waals surface area contributed by atoms with E-state index in [1.54, 1.807) is 6.08 Å². The number of allylic oxidation sites excluding steroid dienone is 5. The lowest BCUT2D eigenvalue weighted by Gasteiger charge is -2.37. The minimum absolute atomic E-state index is 0.151. The van der Waals surface area contributed by atoms with E-state index in [1.165, 1.54) is 72.3 Å². The van der Waals surface area contributed by atoms with Gasteiger partial charge in [-0.3, -0.25) is 0 Å². The minimum Gasteiger partial charge on any atom is -0.455 e. The lowest BCUT2D eigenvalue weighted by atomic mass is 9.64. The molecule has 0 fully saturated rings. The zero-order valence-electron chi connectivity index (χ0n) is 40.7. The van der Waals surface area contributed by atoms with Crippen molar-refractivity contribution in [1.82, 2.24) is 0 Å². The Morgan fingerprint density at radius 2 is 1.16 bits per heavy atom. The first-order valence-electron chi connectivity index (χ1n) is 24.4. The predicted molar refractivity (Wildman–Crippen MR) is 292 cm³/mol. The Kier molecular flexibility index (Phi) is 12.2. The van der Waals surface area contributed by atoms with Crippen molar-refractivity contribution >= 4 is 23.1 Å². The maximum atomic E-state index is 6.44. The Morgan fingerprint density at radius 1 is 0.551 bits per heavy atom. The third-order valence-electron chi connectivity index (χ3n) is 14.7. The van der Waals surface area contributed by atoms with Gasteiger partial charge in [-0.15, -0.1) is 0 Å². The highest BCUT2D eigenvalue weighted by atomic mass is 16.3. The molecule has 338 valence electrons. The van der Waals surface area contributed by atoms with Crippen LogP contribution in [0.3, 0.4) is 0 Å². The SMILES string of the molecule is C=C/C=c1/oc2c(-c3ccc(C4(c5ccccc5)C5=CC=CC(c6ccc(C)cc6)C5c5ccccc54)cc3)cccc2/c1=C/C.Cc1ccc2c(c1)C(C)(C)c1ccccc1-2.Cc1ccccc1. The highest BCUT2D eigenvalue weighted by Crippen LogP contribution is 2.62. The van der Waals surface area contributed by atoms with E-state index in [4.69, 9.17) is 4.42 Å². The van der Waals surface area contributed by atoms with Crippen molar-refractivity contribution < 1.29 is 4.42 Å². The highest BCUT2D eigenvalue weighted by molar-refractivity contribution is 5.93. The fraction of sp³-hybridized carbons (Fsp3) is 0.147. The number of rotatable bonds is 5. The Hall–Kier alpha value is -7.74. The molecule has 0 bridgehead atoms. The molecule has 0 radical (unpaired) electrons. The fourth-order valence-electron chi connectivity index (χ4n) is 11.4. The van der Waals surface area contributed by atoms with Gasteiger partial charge in [-0.05, 0) is 95.0 Å². The first kappa shape index (κ1) is 45.1. The lowest BCUT2D eigenvalue weighted by molar-refractivity contribution is 0.576. The van der Waals surface area contributed by atoms with Crippen LogP contribution in [0.2, 0.25) is 0 Å². The van der Waals surface area contributed by atoms with Gasteiger partial charge in [0.2, 0.25) is 0 Å². The number of para-hydroxylation sites is 1. The standard InChI is InChI=1S/C45H36O.C16H16.C7H8/c1-4-13-42-35(5-2)38-19-11-18-37(44(38)46-42)32-26-28-34(29-27-32)45(33-14-7-6-8-15-33)40-20-10-9-16-39(40)43-36(17-12-21-41(43)45)31-24-22-30(3)23-25-31;1-11-8-9-13-12-6-4-5-7-14(12)16(2,3)15(13)10-11;1-7-5-3-2-4-6-7/h4-29,36,43H,1H2,2-3H3;4-10H,1-3H3;2-6H,1H3/b35-5-,42-13+;;. The second kappa shape index (κ2) is 18.7. The molecule has 0 spiro atoms. The summed E-state index contributed by atoms with van der Waals surface area (Å²) in [6.07, 6.45) is 12.9. The second-order valence-electron chi connectivity index (χ2n) is 19.3. The van der Waals surface area contributed by atoms with Gasteiger partial charge in [0.05, 0.1) is 5.41 Å². The highest BCUT2D eigenvalue weighted by Gasteiger charge is 2.52. The molecule has 69 heavy (non-hydrogen) atoms. The molecule has 8 aromatic carbocycles. The van der Waals surface area contributed by atoms with Gasteiger partial charge in [0.25, 0.3) is 0 Å². The molecule has 3 aliphatic rings. The number of hydrogen-bond donors (Lipinski definition) is 0. The van der Waals surface area contributed by atoms with Gasteiger partial charge < -0.3 is 4.42 Å². The van der Waals surface area contributed by atoms with E-state index in [1.807, 2.05) is 24.3 Å². The molecular weight excluding hydrogens is 833 g/mol. The van der Waals surface area contributed by atoms with Gasteiger partial charge in [-0.1, -0.05) is 262 Å². The van der Waals surface area contributed by atoms with Crippen LogP contribution in [0.5, 0.6) is 0 Å². The summed E-state index contributed by atoms with van der Waals surface area (Å²) in [6.45, 7) is 17.0. The average Bonchev–Trinajstić information content (AvgIpc) is 3.98. The molecule has 1 nitrogen and oxygen atoms in total. The summed E-state index contributed by atoms with van der Waals surface area (Å²) >= 11 is 0. The Bertz CT molecular complexity index is 3510. The van der Waals surface area contributed by atoms with Gasteiger partial charge in [0.1, 0.15) is 11.0 Å². The van der Waals surface area contributed by atoms with Crippen LogP contribution in [0.15, 0.2) is 235 Å². The zero-order valence-corrected chi connectivity index (χ0v) is 40.7. The van der Waals surface area contributed by atoms with Crippen molar-refractivity contribution in [2.75, 3.05) is 0 Å². The molecule has 0 amide bonds. The van der Waals surface area contributed by atoms with Crippen LogP contribution >= 0.6 is 0 Å². The van der Waals surface area contributed by atoms with Crippen LogP contribution in [0.25, 0.3) is 45.4 Å². The molecule has 1 heterocycles. The molecule has 0 saturated heterocycles. The normalized spacial score (nSPS) is 18.4. The number of furan rings is 1. The Balaban J connectivity index is 0.000000195. The first-order chi connectivity index (χ1) is 33.6. The molecule has 0 aliphatic heterocycles. The van der Waals surface area contributed by atoms with Gasteiger partial charge in [-0.25, -0.2) is 0 Å². The third kappa shape index (κ3) is 7.96. The van der Waals surface area contributed by atoms with Crippen molar-refractivity contribution in [1.29, 1.82) is 0 Å². The molecule has 1 aromatic heterocycles. The zero-order chi connectivity index (χ0) is 47.7. The van der Waals surface area contributed by atoms with Crippen LogP contribution in [-0.2, 0) is 10.8 Å². The van der Waals surface area contributed by atoms with Crippen LogP contribution in [0.4, 0.5) is 0 Å². The smallest absolute Gasteiger partial charge is 0.143 e. The lowest BCUT2D eigenvalue weighted by Crippen LogP contribution is -2.30. The monoisotopic (exact) mass is 892 g/mol. The van der Waals surface area contributed by atoms with Crippen molar-refractivity contribution in [2.45, 2.75) is 64.2 Å². The predicted octanol–water partition coefficient (Wildman–Crippen LogP) is 16.2. The molecule has 9 aromatic rings. The largest absolute Gasteiger partial charge is 0.455 e. The molecule has 3 aliphatic carbocycles. The van der Waals surface area contributed by atoms with Gasteiger partial charge in [0.15, 0.2) is 0 Å². The maximum Gasteiger partial charge on any atom is 0.143 e. The van der Waals surface area contributed by atoms with E-state index in [9.17, 15) is 0 Å². The maximum absolute atomic E-state index is 6.44. The van der Waals surface area contributed by atoms with E-state index in [-0.39, 0.29) is 17.3 Å². The van der Waals surface area contributed by atoms with E-state index in [0.717, 1.165) is 32.7 Å². The topological polar surface area (TPSA) is 13.1 Å². The molecule has 1 heteroatoms. The summed E-state index contributed by atoms with van der Waals surface area (Å²) in [5.74, 6) is 0.498. The molecular formula is C68H60O. The van der Waals surface area contributed by atoms with Crippen LogP contribution < -0.4 is 10.6 Å². The quantitative estimate of drug-likeness (QED) is 0.168. The summed E-state index contributed by atoms with van der Waals surface area (Å²) < 4.78 is 6.44. The first-order valence-corrected chi connectivity index (χ1v) is 24.4. The number of benzene rings is 8. The molecule has 3 unspecified atom stereocenters. The van der Waals surface area contributed by atoms with Gasteiger partial charge >= 0.3 is 0 Å². The van der Waals surface area contributed by atoms with Gasteiger partial charge in [-0.2, -0.15) is 0 Å². The van der Waals surface area contributed by atoms with Crippen LogP contribution in [0, 0.1) is 20.8 Å². The van der Waals surface area contributed by atoms with E-state index < -0.39 is 5.41 Å². The van der Waals surface area contributed by atoms with Crippen molar-refractivity contribution in [3.8, 4) is 22.3 Å². The van der Waals surface area contributed by atoms with Crippen molar-refractivity contribution in [3.63, 3.8) is 0 Å². The van der Waals surface area contributed by atoms with Crippen LogP contribution in [0.1, 0.15) is 88.2 Å². The Morgan fingerprint density at radius 3 is 1.86 bits per heavy atom. The fourth-order valence-corrected chi connectivity index (χ4v) is 11.4. The number of aryl methyl sites for hydroxylation is 3. The summed E-state index contributed by atoms with van der Waals surface area (Å²) in [6, 6.07) is 70.8. The van der Waals surface area contributed by atoms with Gasteiger partial charge in [0, 0.05) is 33.4 Å². The summed E-state index contributed by atoms with van der Waals surface area (Å²) in [5.41, 5.74) is 21.5. The van der Waals surface area contributed by atoms with Crippen molar-refractivity contribution in [2.24, 2.45) is 0 Å². The molecule has 12 rings (SSSR count). The van der Waals surface area contributed by atoms with E-state index >= 15 is 0 Å². The number of fused-ring (bicyclic) bond motifs is 7. The minimum atomic E-state index is -0.415. The number of hydrogen-bond acceptors (Lipinski definition) is 1. The molecule has 3 atom stereocenters. The summed E-state index contributed by atoms with van der Waals surface area (Å²) in [4.78, 5) is 0. The van der Waals surface area contributed by atoms with Crippen LogP contribution in [-0.4, -0.2) is 0 Å². The second-order valence-corrected chi connectivity index (χ2v) is 19.3. The molecule has 0 saturated carbocycles. The van der Waals surface area contributed by atoms with E-state index in [0.29, 0.717) is 0 Å². The third-order valence-corrected chi connectivity index (χ3v) is 14.7. The van der Waals surface area contributed by atoms with E-state index in [2.05, 4.69) is 248 Å². The Labute approximate surface area is 408 Å². The summed E-state index contributed by atoms with van der Waals surface area (Å²) in [7, 11) is 0.